The number of rotatable bonds is 10. The Kier molecular flexibility index (Phi) is 7.05. The monoisotopic (exact) mass is 399 g/mol. The van der Waals surface area contributed by atoms with Crippen molar-refractivity contribution in [2.75, 3.05) is 13.7 Å². The zero-order valence-corrected chi connectivity index (χ0v) is 15.7. The van der Waals surface area contributed by atoms with Crippen LogP contribution in [0.4, 0.5) is 0 Å². The van der Waals surface area contributed by atoms with E-state index in [-0.39, 0.29) is 30.2 Å². The minimum absolute atomic E-state index is 0.0464. The molecule has 0 saturated heterocycles. The van der Waals surface area contributed by atoms with Gasteiger partial charge in [-0.15, -0.1) is 0 Å². The predicted molar refractivity (Wildman–Crippen MR) is 104 cm³/mol. The third-order valence-corrected chi connectivity index (χ3v) is 3.99. The van der Waals surface area contributed by atoms with Crippen molar-refractivity contribution in [3.8, 4) is 5.75 Å². The number of carbonyl (C=O) groups excluding carboxylic acids is 2. The molecule has 0 aliphatic heterocycles. The molecule has 9 nitrogen and oxygen atoms in total. The van der Waals surface area contributed by atoms with Crippen molar-refractivity contribution in [3.05, 3.63) is 65.7 Å². The number of para-hydroxylation sites is 1. The van der Waals surface area contributed by atoms with Gasteiger partial charge in [-0.2, -0.15) is 0 Å². The molecule has 0 fully saturated rings. The number of nitrogens with one attached hydrogen (secondary N) is 2. The lowest BCUT2D eigenvalue weighted by molar-refractivity contribution is -0.164. The Bertz CT molecular complexity index is 898. The maximum absolute atomic E-state index is 12.7. The third kappa shape index (κ3) is 5.17. The van der Waals surface area contributed by atoms with Gasteiger partial charge in [0.15, 0.2) is 0 Å². The highest BCUT2D eigenvalue weighted by Gasteiger charge is 2.50. The van der Waals surface area contributed by atoms with Gasteiger partial charge in [0.25, 0.3) is 5.91 Å². The standard InChI is InChI=1S/C20H21N3O6/c1-28-12-11-16(24)20(19(26)27,29-15-5-3-2-4-6-15)23-18(25)14-9-7-13(8-10-14)17(21)22/h2-10H,11-12H2,1H3,(H3,21,22)(H,23,25)(H,26,27). The summed E-state index contributed by atoms with van der Waals surface area (Å²) in [7, 11) is 1.36. The van der Waals surface area contributed by atoms with Gasteiger partial charge >= 0.3 is 11.7 Å². The van der Waals surface area contributed by atoms with E-state index < -0.39 is 23.4 Å². The number of hydrogen-bond acceptors (Lipinski definition) is 6. The Hall–Kier alpha value is -3.72. The molecule has 0 aliphatic carbocycles. The van der Waals surface area contributed by atoms with Crippen LogP contribution in [0.2, 0.25) is 0 Å². The first-order valence-electron chi connectivity index (χ1n) is 8.57. The summed E-state index contributed by atoms with van der Waals surface area (Å²) in [4.78, 5) is 37.5. The van der Waals surface area contributed by atoms with Crippen LogP contribution in [0, 0.1) is 5.41 Å². The van der Waals surface area contributed by atoms with Crippen LogP contribution < -0.4 is 15.8 Å². The number of benzene rings is 2. The summed E-state index contributed by atoms with van der Waals surface area (Å²) in [6, 6.07) is 13.4. The van der Waals surface area contributed by atoms with Crippen molar-refractivity contribution < 1.29 is 29.0 Å². The van der Waals surface area contributed by atoms with Crippen molar-refractivity contribution in [1.29, 1.82) is 5.41 Å². The van der Waals surface area contributed by atoms with Crippen LogP contribution in [0.15, 0.2) is 54.6 Å². The Labute approximate surface area is 166 Å². The van der Waals surface area contributed by atoms with Gasteiger partial charge in [0.1, 0.15) is 11.6 Å². The van der Waals surface area contributed by atoms with Crippen molar-refractivity contribution >= 4 is 23.5 Å². The largest absolute Gasteiger partial charge is 0.476 e. The average Bonchev–Trinajstić information content (AvgIpc) is 2.71. The van der Waals surface area contributed by atoms with Crippen molar-refractivity contribution in [2.45, 2.75) is 12.1 Å². The minimum atomic E-state index is -2.64. The molecule has 1 unspecified atom stereocenters. The lowest BCUT2D eigenvalue weighted by Gasteiger charge is -2.29. The van der Waals surface area contributed by atoms with Gasteiger partial charge in [-0.25, -0.2) is 4.79 Å². The van der Waals surface area contributed by atoms with Crippen LogP contribution in [-0.2, 0) is 14.3 Å². The number of carboxylic acids is 1. The second-order valence-electron chi connectivity index (χ2n) is 6.01. The van der Waals surface area contributed by atoms with Gasteiger partial charge in [-0.1, -0.05) is 30.3 Å². The fraction of sp³-hybridized carbons (Fsp3) is 0.200. The fourth-order valence-corrected chi connectivity index (χ4v) is 2.44. The Balaban J connectivity index is 2.39. The molecule has 152 valence electrons. The fourth-order valence-electron chi connectivity index (χ4n) is 2.44. The van der Waals surface area contributed by atoms with E-state index in [9.17, 15) is 19.5 Å². The number of aliphatic carboxylic acids is 1. The first-order valence-corrected chi connectivity index (χ1v) is 8.57. The summed E-state index contributed by atoms with van der Waals surface area (Å²) < 4.78 is 10.3. The third-order valence-electron chi connectivity index (χ3n) is 3.99. The SMILES string of the molecule is COCCC(=O)C(NC(=O)c1ccc(C(=N)N)cc1)(Oc1ccccc1)C(=O)O. The first-order chi connectivity index (χ1) is 13.8. The molecule has 0 aliphatic rings. The first kappa shape index (κ1) is 21.6. The van der Waals surface area contributed by atoms with E-state index >= 15 is 0 Å². The van der Waals surface area contributed by atoms with E-state index in [1.54, 1.807) is 18.2 Å². The van der Waals surface area contributed by atoms with E-state index in [0.717, 1.165) is 0 Å². The van der Waals surface area contributed by atoms with Crippen molar-refractivity contribution in [2.24, 2.45) is 5.73 Å². The molecule has 0 radical (unpaired) electrons. The van der Waals surface area contributed by atoms with Crippen molar-refractivity contribution in [3.63, 3.8) is 0 Å². The molecule has 0 spiro atoms. The second-order valence-corrected chi connectivity index (χ2v) is 6.01. The van der Waals surface area contributed by atoms with Gasteiger partial charge in [-0.3, -0.25) is 20.3 Å². The quantitative estimate of drug-likeness (QED) is 0.202. The molecular weight excluding hydrogens is 378 g/mol. The number of nitrogen functional groups attached to an aromatic ring is 1. The van der Waals surface area contributed by atoms with Crippen LogP contribution in [0.1, 0.15) is 22.3 Å². The predicted octanol–water partition coefficient (Wildman–Crippen LogP) is 1.17. The molecule has 0 saturated carbocycles. The van der Waals surface area contributed by atoms with E-state index in [4.69, 9.17) is 20.6 Å². The van der Waals surface area contributed by atoms with Crippen LogP contribution in [-0.4, -0.2) is 48.0 Å². The Morgan fingerprint density at radius 1 is 1.07 bits per heavy atom. The van der Waals surface area contributed by atoms with Gasteiger partial charge in [-0.05, 0) is 24.3 Å². The number of nitrogens with two attached hydrogens (primary N) is 1. The molecule has 0 bridgehead atoms. The normalized spacial score (nSPS) is 12.4. The number of methoxy groups -OCH3 is 1. The van der Waals surface area contributed by atoms with E-state index in [1.165, 1.54) is 43.5 Å². The number of hydrogen-bond donors (Lipinski definition) is 4. The summed E-state index contributed by atoms with van der Waals surface area (Å²) in [6.07, 6.45) is -0.292. The number of ether oxygens (including phenoxy) is 2. The van der Waals surface area contributed by atoms with Gasteiger partial charge < -0.3 is 20.3 Å². The molecule has 0 heterocycles. The molecule has 29 heavy (non-hydrogen) atoms. The number of carboxylic acid groups (broad SMARTS) is 1. The number of amides is 1. The Morgan fingerprint density at radius 2 is 1.66 bits per heavy atom. The van der Waals surface area contributed by atoms with Gasteiger partial charge in [0.2, 0.25) is 5.78 Å². The molecular formula is C20H21N3O6. The summed E-state index contributed by atoms with van der Waals surface area (Å²) in [5.41, 5.74) is 3.20. The Morgan fingerprint density at radius 3 is 2.17 bits per heavy atom. The van der Waals surface area contributed by atoms with Crippen molar-refractivity contribution in [1.82, 2.24) is 5.32 Å². The zero-order chi connectivity index (χ0) is 21.4. The number of amidine groups is 1. The smallest absolute Gasteiger partial charge is 0.378 e. The van der Waals surface area contributed by atoms with Gasteiger partial charge in [0, 0.05) is 24.7 Å². The minimum Gasteiger partial charge on any atom is -0.476 e. The summed E-state index contributed by atoms with van der Waals surface area (Å²) >= 11 is 0. The lowest BCUT2D eigenvalue weighted by atomic mass is 10.0. The highest BCUT2D eigenvalue weighted by Crippen LogP contribution is 2.20. The topological polar surface area (TPSA) is 152 Å². The lowest BCUT2D eigenvalue weighted by Crippen LogP contribution is -2.64. The highest BCUT2D eigenvalue weighted by molar-refractivity contribution is 6.11. The van der Waals surface area contributed by atoms with Gasteiger partial charge in [0.05, 0.1) is 6.61 Å². The van der Waals surface area contributed by atoms with Crippen LogP contribution >= 0.6 is 0 Å². The average molecular weight is 399 g/mol. The van der Waals surface area contributed by atoms with Crippen LogP contribution in [0.25, 0.3) is 0 Å². The maximum atomic E-state index is 12.7. The molecule has 2 aromatic rings. The number of Topliss-reactive ketones (excluding diaryl/α,β-unsaturated/α-hetero) is 1. The molecule has 2 aromatic carbocycles. The van der Waals surface area contributed by atoms with E-state index in [2.05, 4.69) is 5.32 Å². The summed E-state index contributed by atoms with van der Waals surface area (Å²) in [5, 5.41) is 19.4. The molecule has 9 heteroatoms. The highest BCUT2D eigenvalue weighted by atomic mass is 16.5. The second kappa shape index (κ2) is 9.47. The summed E-state index contributed by atoms with van der Waals surface area (Å²) in [5.74, 6) is -3.49. The molecule has 5 N–H and O–H groups in total. The molecule has 0 aromatic heterocycles. The molecule has 2 rings (SSSR count). The van der Waals surface area contributed by atoms with E-state index in [1.807, 2.05) is 0 Å². The molecule has 1 amide bonds. The number of ketones is 1. The molecule has 1 atom stereocenters. The summed E-state index contributed by atoms with van der Waals surface area (Å²) in [6.45, 7) is -0.0464. The van der Waals surface area contributed by atoms with Crippen LogP contribution in [0.5, 0.6) is 5.75 Å². The zero-order valence-electron chi connectivity index (χ0n) is 15.7. The maximum Gasteiger partial charge on any atom is 0.378 e. The van der Waals surface area contributed by atoms with E-state index in [0.29, 0.717) is 5.56 Å². The number of carbonyl (C=O) groups is 3. The van der Waals surface area contributed by atoms with Crippen LogP contribution in [0.3, 0.4) is 0 Å².